The fourth-order valence-electron chi connectivity index (χ4n) is 2.75. The van der Waals surface area contributed by atoms with Crippen molar-refractivity contribution in [3.05, 3.63) is 11.6 Å². The van der Waals surface area contributed by atoms with Crippen LogP contribution in [0.15, 0.2) is 0 Å². The monoisotopic (exact) mass is 279 g/mol. The first-order chi connectivity index (χ1) is 9.74. The van der Waals surface area contributed by atoms with Crippen molar-refractivity contribution in [2.24, 2.45) is 0 Å². The SMILES string of the molecule is CN(Cc1nnc2n1CCC2)C(=O)NC[C@H]1CCCO1. The van der Waals surface area contributed by atoms with Crippen molar-refractivity contribution in [1.29, 1.82) is 0 Å². The number of nitrogens with one attached hydrogen (secondary N) is 1. The Hall–Kier alpha value is -1.63. The molecule has 0 unspecified atom stereocenters. The Balaban J connectivity index is 1.50. The van der Waals surface area contributed by atoms with Crippen LogP contribution in [0, 0.1) is 0 Å². The van der Waals surface area contributed by atoms with Crippen molar-refractivity contribution < 1.29 is 9.53 Å². The molecule has 2 aliphatic heterocycles. The largest absolute Gasteiger partial charge is 0.376 e. The minimum atomic E-state index is -0.0872. The molecule has 1 atom stereocenters. The van der Waals surface area contributed by atoms with Crippen molar-refractivity contribution in [2.75, 3.05) is 20.2 Å². The first kappa shape index (κ1) is 13.4. The fourth-order valence-corrected chi connectivity index (χ4v) is 2.75. The van der Waals surface area contributed by atoms with E-state index >= 15 is 0 Å². The van der Waals surface area contributed by atoms with E-state index in [-0.39, 0.29) is 12.1 Å². The van der Waals surface area contributed by atoms with Crippen LogP contribution < -0.4 is 5.32 Å². The van der Waals surface area contributed by atoms with Gasteiger partial charge in [-0.3, -0.25) is 0 Å². The molecule has 1 N–H and O–H groups in total. The lowest BCUT2D eigenvalue weighted by atomic mass is 10.2. The van der Waals surface area contributed by atoms with Gasteiger partial charge in [0.2, 0.25) is 0 Å². The van der Waals surface area contributed by atoms with Crippen LogP contribution in [0.5, 0.6) is 0 Å². The fraction of sp³-hybridized carbons (Fsp3) is 0.769. The van der Waals surface area contributed by atoms with Gasteiger partial charge in [-0.05, 0) is 19.3 Å². The number of urea groups is 1. The summed E-state index contributed by atoms with van der Waals surface area (Å²) < 4.78 is 7.60. The minimum absolute atomic E-state index is 0.0872. The van der Waals surface area contributed by atoms with Crippen molar-refractivity contribution in [1.82, 2.24) is 25.0 Å². The second-order valence-corrected chi connectivity index (χ2v) is 5.46. The lowest BCUT2D eigenvalue weighted by Gasteiger charge is -2.19. The topological polar surface area (TPSA) is 72.3 Å². The standard InChI is InChI=1S/C13H21N5O2/c1-17(13(19)14-8-10-4-3-7-20-10)9-12-16-15-11-5-2-6-18(11)12/h10H,2-9H2,1H3,(H,14,19)/t10-/m1/s1. The lowest BCUT2D eigenvalue weighted by Crippen LogP contribution is -2.40. The molecule has 7 heteroatoms. The number of aromatic nitrogens is 3. The summed E-state index contributed by atoms with van der Waals surface area (Å²) in [4.78, 5) is 13.7. The van der Waals surface area contributed by atoms with Crippen LogP contribution in [0.1, 0.15) is 30.9 Å². The molecule has 0 radical (unpaired) electrons. The Morgan fingerprint density at radius 1 is 1.50 bits per heavy atom. The third-order valence-corrected chi connectivity index (χ3v) is 3.92. The zero-order valence-electron chi connectivity index (χ0n) is 11.8. The van der Waals surface area contributed by atoms with Gasteiger partial charge in [0, 0.05) is 33.2 Å². The Bertz CT molecular complexity index is 481. The molecule has 2 aliphatic rings. The van der Waals surface area contributed by atoms with Gasteiger partial charge in [-0.2, -0.15) is 0 Å². The van der Waals surface area contributed by atoms with E-state index in [0.717, 1.165) is 50.5 Å². The van der Waals surface area contributed by atoms with E-state index in [9.17, 15) is 4.79 Å². The molecule has 0 saturated carbocycles. The quantitative estimate of drug-likeness (QED) is 0.873. The highest BCUT2D eigenvalue weighted by atomic mass is 16.5. The van der Waals surface area contributed by atoms with E-state index < -0.39 is 0 Å². The molecule has 1 aromatic heterocycles. The van der Waals surface area contributed by atoms with Crippen LogP contribution in [-0.4, -0.2) is 52.0 Å². The summed E-state index contributed by atoms with van der Waals surface area (Å²) in [6.45, 7) is 2.84. The third kappa shape index (κ3) is 2.77. The molecule has 110 valence electrons. The number of nitrogens with zero attached hydrogens (tertiary/aromatic N) is 4. The van der Waals surface area contributed by atoms with E-state index in [1.54, 1.807) is 11.9 Å². The van der Waals surface area contributed by atoms with Crippen LogP contribution in [0.2, 0.25) is 0 Å². The Morgan fingerprint density at radius 3 is 3.20 bits per heavy atom. The lowest BCUT2D eigenvalue weighted by molar-refractivity contribution is 0.109. The highest BCUT2D eigenvalue weighted by Gasteiger charge is 2.21. The average molecular weight is 279 g/mol. The number of ether oxygens (including phenoxy) is 1. The summed E-state index contributed by atoms with van der Waals surface area (Å²) in [6.07, 6.45) is 4.39. The number of aryl methyl sites for hydroxylation is 1. The number of rotatable bonds is 4. The third-order valence-electron chi connectivity index (χ3n) is 3.92. The number of amides is 2. The maximum absolute atomic E-state index is 12.0. The van der Waals surface area contributed by atoms with Gasteiger partial charge in [-0.1, -0.05) is 0 Å². The molecule has 0 bridgehead atoms. The average Bonchev–Trinajstić information content (AvgIpc) is 3.15. The summed E-state index contributed by atoms with van der Waals surface area (Å²) in [5, 5.41) is 11.2. The molecule has 1 saturated heterocycles. The van der Waals surface area contributed by atoms with Gasteiger partial charge < -0.3 is 19.5 Å². The van der Waals surface area contributed by atoms with Gasteiger partial charge in [0.25, 0.3) is 0 Å². The molecule has 0 spiro atoms. The van der Waals surface area contributed by atoms with Crippen LogP contribution in [-0.2, 0) is 24.2 Å². The first-order valence-corrected chi connectivity index (χ1v) is 7.25. The first-order valence-electron chi connectivity index (χ1n) is 7.25. The van der Waals surface area contributed by atoms with Crippen LogP contribution in [0.3, 0.4) is 0 Å². The van der Waals surface area contributed by atoms with E-state index in [2.05, 4.69) is 20.1 Å². The molecular weight excluding hydrogens is 258 g/mol. The maximum Gasteiger partial charge on any atom is 0.317 e. The molecule has 0 aromatic carbocycles. The Morgan fingerprint density at radius 2 is 2.40 bits per heavy atom. The predicted molar refractivity (Wildman–Crippen MR) is 72.2 cm³/mol. The van der Waals surface area contributed by atoms with Gasteiger partial charge >= 0.3 is 6.03 Å². The molecule has 1 aromatic rings. The molecule has 7 nitrogen and oxygen atoms in total. The van der Waals surface area contributed by atoms with Crippen molar-refractivity contribution in [3.8, 4) is 0 Å². The second kappa shape index (κ2) is 5.78. The number of hydrogen-bond donors (Lipinski definition) is 1. The molecule has 3 heterocycles. The van der Waals surface area contributed by atoms with Crippen molar-refractivity contribution in [3.63, 3.8) is 0 Å². The van der Waals surface area contributed by atoms with Crippen molar-refractivity contribution in [2.45, 2.75) is 44.9 Å². The highest BCUT2D eigenvalue weighted by molar-refractivity contribution is 5.73. The zero-order chi connectivity index (χ0) is 13.9. The smallest absolute Gasteiger partial charge is 0.317 e. The number of carbonyl (C=O) groups is 1. The second-order valence-electron chi connectivity index (χ2n) is 5.46. The van der Waals surface area contributed by atoms with E-state index in [1.165, 1.54) is 0 Å². The molecular formula is C13H21N5O2. The predicted octanol–water partition coefficient (Wildman–Crippen LogP) is 0.545. The van der Waals surface area contributed by atoms with E-state index in [0.29, 0.717) is 13.1 Å². The number of carbonyl (C=O) groups excluding carboxylic acids is 1. The Kier molecular flexibility index (Phi) is 3.86. The minimum Gasteiger partial charge on any atom is -0.376 e. The van der Waals surface area contributed by atoms with Gasteiger partial charge in [0.1, 0.15) is 5.82 Å². The number of hydrogen-bond acceptors (Lipinski definition) is 4. The molecule has 1 fully saturated rings. The number of fused-ring (bicyclic) bond motifs is 1. The maximum atomic E-state index is 12.0. The van der Waals surface area contributed by atoms with E-state index in [1.807, 2.05) is 0 Å². The molecule has 20 heavy (non-hydrogen) atoms. The summed E-state index contributed by atoms with van der Waals surface area (Å²) in [7, 11) is 1.78. The summed E-state index contributed by atoms with van der Waals surface area (Å²) in [5.74, 6) is 1.90. The summed E-state index contributed by atoms with van der Waals surface area (Å²) >= 11 is 0. The van der Waals surface area contributed by atoms with Gasteiger partial charge in [0.15, 0.2) is 5.82 Å². The van der Waals surface area contributed by atoms with Gasteiger partial charge in [-0.15, -0.1) is 10.2 Å². The zero-order valence-corrected chi connectivity index (χ0v) is 11.8. The molecule has 3 rings (SSSR count). The van der Waals surface area contributed by atoms with E-state index in [4.69, 9.17) is 4.74 Å². The van der Waals surface area contributed by atoms with Crippen LogP contribution in [0.25, 0.3) is 0 Å². The van der Waals surface area contributed by atoms with Crippen molar-refractivity contribution >= 4 is 6.03 Å². The van der Waals surface area contributed by atoms with Crippen LogP contribution >= 0.6 is 0 Å². The normalized spacial score (nSPS) is 20.9. The molecule has 2 amide bonds. The Labute approximate surface area is 118 Å². The molecule has 0 aliphatic carbocycles. The highest BCUT2D eigenvalue weighted by Crippen LogP contribution is 2.15. The van der Waals surface area contributed by atoms with Gasteiger partial charge in [-0.25, -0.2) is 4.79 Å². The summed E-state index contributed by atoms with van der Waals surface area (Å²) in [6, 6.07) is -0.0872. The summed E-state index contributed by atoms with van der Waals surface area (Å²) in [5.41, 5.74) is 0. The van der Waals surface area contributed by atoms with Crippen LogP contribution in [0.4, 0.5) is 4.79 Å². The van der Waals surface area contributed by atoms with Gasteiger partial charge in [0.05, 0.1) is 12.6 Å².